The number of carbonyl (C=O) groups is 4. The van der Waals surface area contributed by atoms with Gasteiger partial charge in [-0.15, -0.1) is 0 Å². The highest BCUT2D eigenvalue weighted by atomic mass is 16.4. The molecule has 2 aliphatic rings. The molecule has 2 fully saturated rings. The van der Waals surface area contributed by atoms with Crippen molar-refractivity contribution in [3.8, 4) is 0 Å². The van der Waals surface area contributed by atoms with Gasteiger partial charge in [-0.1, -0.05) is 25.5 Å². The van der Waals surface area contributed by atoms with Crippen molar-refractivity contribution in [3.05, 3.63) is 23.9 Å². The molecule has 1 saturated carbocycles. The molecule has 0 radical (unpaired) electrons. The molecule has 0 bridgehead atoms. The molecule has 2 unspecified atom stereocenters. The van der Waals surface area contributed by atoms with Crippen molar-refractivity contribution in [1.29, 1.82) is 0 Å². The number of allylic oxidation sites excluding steroid dienone is 2. The third-order valence-electron chi connectivity index (χ3n) is 6.10. The molecule has 1 heterocycles. The lowest BCUT2D eigenvalue weighted by Gasteiger charge is -2.25. The fourth-order valence-electron chi connectivity index (χ4n) is 4.64. The van der Waals surface area contributed by atoms with Crippen LogP contribution in [0, 0.1) is 5.41 Å². The average molecular weight is 421 g/mol. The number of ketones is 1. The Morgan fingerprint density at radius 1 is 1.17 bits per heavy atom. The van der Waals surface area contributed by atoms with E-state index in [1.807, 2.05) is 24.8 Å². The zero-order chi connectivity index (χ0) is 22.5. The van der Waals surface area contributed by atoms with E-state index in [0.717, 1.165) is 24.1 Å². The molecule has 0 aromatic heterocycles. The van der Waals surface area contributed by atoms with Gasteiger partial charge in [-0.25, -0.2) is 0 Å². The number of nitrogens with one attached hydrogen (secondary N) is 1. The summed E-state index contributed by atoms with van der Waals surface area (Å²) < 4.78 is 0. The van der Waals surface area contributed by atoms with E-state index in [0.29, 0.717) is 25.7 Å². The van der Waals surface area contributed by atoms with E-state index in [-0.39, 0.29) is 37.1 Å². The van der Waals surface area contributed by atoms with Crippen LogP contribution < -0.4 is 5.32 Å². The minimum Gasteiger partial charge on any atom is -0.481 e. The highest BCUT2D eigenvalue weighted by molar-refractivity contribution is 5.95. The van der Waals surface area contributed by atoms with Crippen LogP contribution in [-0.4, -0.2) is 57.4 Å². The molecule has 1 amide bonds. The molecular weight excluding hydrogens is 388 g/mol. The van der Waals surface area contributed by atoms with Crippen molar-refractivity contribution in [2.75, 3.05) is 6.54 Å². The van der Waals surface area contributed by atoms with Gasteiger partial charge in [0.1, 0.15) is 6.04 Å². The minimum absolute atomic E-state index is 0.0396. The van der Waals surface area contributed by atoms with E-state index in [2.05, 4.69) is 11.9 Å². The largest absolute Gasteiger partial charge is 0.481 e. The molecule has 0 spiro atoms. The first-order chi connectivity index (χ1) is 14.1. The summed E-state index contributed by atoms with van der Waals surface area (Å²) in [6, 6.07) is -0.544. The molecule has 2 rings (SSSR count). The Hall–Kier alpha value is -2.64. The Kier molecular flexibility index (Phi) is 7.81. The van der Waals surface area contributed by atoms with E-state index in [1.54, 1.807) is 0 Å². The number of Topliss-reactive ketones (excluding diaryl/α,β-unsaturated/α-hetero) is 1. The van der Waals surface area contributed by atoms with E-state index in [4.69, 9.17) is 5.11 Å². The van der Waals surface area contributed by atoms with Gasteiger partial charge in [-0.05, 0) is 45.1 Å². The number of hydrogen-bond acceptors (Lipinski definition) is 5. The van der Waals surface area contributed by atoms with Gasteiger partial charge in [0.2, 0.25) is 5.91 Å². The van der Waals surface area contributed by atoms with Crippen LogP contribution in [0.5, 0.6) is 0 Å². The highest BCUT2D eigenvalue weighted by Crippen LogP contribution is 2.42. The summed E-state index contributed by atoms with van der Waals surface area (Å²) in [5.41, 5.74) is 0.729. The summed E-state index contributed by atoms with van der Waals surface area (Å²) in [5, 5.41) is 20.7. The molecule has 30 heavy (non-hydrogen) atoms. The molecule has 1 aliphatic carbocycles. The van der Waals surface area contributed by atoms with Gasteiger partial charge in [0.05, 0.1) is 24.4 Å². The summed E-state index contributed by atoms with van der Waals surface area (Å²) in [7, 11) is 0. The minimum atomic E-state index is -1.01. The Labute approximate surface area is 177 Å². The van der Waals surface area contributed by atoms with Gasteiger partial charge < -0.3 is 20.4 Å². The molecule has 0 aromatic carbocycles. The number of nitrogens with zero attached hydrogens (tertiary/aromatic N) is 1. The fraction of sp³-hybridized carbons (Fsp3) is 0.636. The predicted molar refractivity (Wildman–Crippen MR) is 111 cm³/mol. The molecule has 166 valence electrons. The lowest BCUT2D eigenvalue weighted by atomic mass is 9.81. The molecule has 8 nitrogen and oxygen atoms in total. The van der Waals surface area contributed by atoms with Crippen molar-refractivity contribution in [3.63, 3.8) is 0 Å². The number of hydrogen-bond donors (Lipinski definition) is 3. The van der Waals surface area contributed by atoms with E-state index in [9.17, 15) is 24.3 Å². The summed E-state index contributed by atoms with van der Waals surface area (Å²) >= 11 is 0. The molecule has 0 aromatic rings. The zero-order valence-corrected chi connectivity index (χ0v) is 17.8. The first-order valence-corrected chi connectivity index (χ1v) is 10.5. The van der Waals surface area contributed by atoms with Crippen LogP contribution in [0.2, 0.25) is 0 Å². The SMILES string of the molecule is C=C(C)C(=CC)N1C(CCCC(=O)O)C1C(=O)CNC(=O)C1(CC(=O)O)CCCC1. The van der Waals surface area contributed by atoms with E-state index < -0.39 is 23.4 Å². The first-order valence-electron chi connectivity index (χ1n) is 10.5. The standard InChI is InChI=1S/C22H32N2O6/c1-4-15(14(2)3)24-16(8-7-9-18(26)27)20(24)17(25)13-23-21(30)22(12-19(28)29)10-5-6-11-22/h4,16,20H,2,5-13H2,1,3H3,(H,23,30)(H,26,27)(H,28,29). The average Bonchev–Trinajstić information content (AvgIpc) is 3.14. The Morgan fingerprint density at radius 3 is 2.30 bits per heavy atom. The maximum atomic E-state index is 12.9. The van der Waals surface area contributed by atoms with Crippen LogP contribution in [0.4, 0.5) is 0 Å². The van der Waals surface area contributed by atoms with Crippen LogP contribution in [0.15, 0.2) is 23.9 Å². The number of carbonyl (C=O) groups excluding carboxylic acids is 2. The van der Waals surface area contributed by atoms with Gasteiger partial charge in [-0.2, -0.15) is 0 Å². The van der Waals surface area contributed by atoms with Crippen LogP contribution in [0.3, 0.4) is 0 Å². The fourth-order valence-corrected chi connectivity index (χ4v) is 4.64. The molecule has 1 saturated heterocycles. The monoisotopic (exact) mass is 420 g/mol. The Balaban J connectivity index is 2.02. The van der Waals surface area contributed by atoms with Crippen molar-refractivity contribution in [1.82, 2.24) is 10.2 Å². The zero-order valence-electron chi connectivity index (χ0n) is 17.8. The van der Waals surface area contributed by atoms with Crippen molar-refractivity contribution < 1.29 is 29.4 Å². The third kappa shape index (κ3) is 5.49. The molecular formula is C22H32N2O6. The molecule has 3 N–H and O–H groups in total. The number of aliphatic carboxylic acids is 2. The second kappa shape index (κ2) is 9.91. The second-order valence-electron chi connectivity index (χ2n) is 8.37. The van der Waals surface area contributed by atoms with Crippen LogP contribution >= 0.6 is 0 Å². The van der Waals surface area contributed by atoms with Gasteiger partial charge >= 0.3 is 11.9 Å². The number of carboxylic acid groups (broad SMARTS) is 2. The van der Waals surface area contributed by atoms with Crippen molar-refractivity contribution in [2.45, 2.75) is 77.3 Å². The summed E-state index contributed by atoms with van der Waals surface area (Å²) in [6.45, 7) is 7.49. The molecule has 2 atom stereocenters. The number of amides is 1. The Morgan fingerprint density at radius 2 is 1.80 bits per heavy atom. The summed E-state index contributed by atoms with van der Waals surface area (Å²) in [4.78, 5) is 49.6. The van der Waals surface area contributed by atoms with Gasteiger partial charge in [0, 0.05) is 12.1 Å². The Bertz CT molecular complexity index is 751. The normalized spacial score (nSPS) is 22.5. The highest BCUT2D eigenvalue weighted by Gasteiger charge is 2.52. The van der Waals surface area contributed by atoms with Crippen LogP contribution in [-0.2, 0) is 19.2 Å². The maximum absolute atomic E-state index is 12.9. The van der Waals surface area contributed by atoms with Crippen LogP contribution in [0.1, 0.15) is 65.2 Å². The summed E-state index contributed by atoms with van der Waals surface area (Å²) in [6.07, 6.45) is 5.36. The van der Waals surface area contributed by atoms with Crippen LogP contribution in [0.25, 0.3) is 0 Å². The van der Waals surface area contributed by atoms with Gasteiger partial charge in [-0.3, -0.25) is 19.2 Å². The van der Waals surface area contributed by atoms with E-state index in [1.165, 1.54) is 0 Å². The predicted octanol–water partition coefficient (Wildman–Crippen LogP) is 2.49. The first kappa shape index (κ1) is 23.6. The van der Waals surface area contributed by atoms with Crippen molar-refractivity contribution >= 4 is 23.6 Å². The maximum Gasteiger partial charge on any atom is 0.304 e. The lowest BCUT2D eigenvalue weighted by Crippen LogP contribution is -2.43. The third-order valence-corrected chi connectivity index (χ3v) is 6.10. The second-order valence-corrected chi connectivity index (χ2v) is 8.37. The molecule has 1 aliphatic heterocycles. The smallest absolute Gasteiger partial charge is 0.304 e. The van der Waals surface area contributed by atoms with Crippen molar-refractivity contribution in [2.24, 2.45) is 5.41 Å². The number of rotatable bonds is 12. The van der Waals surface area contributed by atoms with Gasteiger partial charge in [0.25, 0.3) is 0 Å². The summed E-state index contributed by atoms with van der Waals surface area (Å²) in [5.74, 6) is -2.41. The lowest BCUT2D eigenvalue weighted by molar-refractivity contribution is -0.145. The topological polar surface area (TPSA) is 124 Å². The van der Waals surface area contributed by atoms with Gasteiger partial charge in [0.15, 0.2) is 5.78 Å². The van der Waals surface area contributed by atoms with E-state index >= 15 is 0 Å². The quantitative estimate of drug-likeness (QED) is 0.327. The number of carboxylic acids is 2. The molecule has 8 heteroatoms.